The van der Waals surface area contributed by atoms with E-state index >= 15 is 0 Å². The molecule has 0 spiro atoms. The first-order valence-electron chi connectivity index (χ1n) is 7.88. The summed E-state index contributed by atoms with van der Waals surface area (Å²) in [5, 5.41) is 12.8. The van der Waals surface area contributed by atoms with Crippen LogP contribution in [-0.4, -0.2) is 40.8 Å². The number of hydrogen-bond acceptors (Lipinski definition) is 4. The van der Waals surface area contributed by atoms with Gasteiger partial charge in [0.1, 0.15) is 11.4 Å². The quantitative estimate of drug-likeness (QED) is 0.896. The summed E-state index contributed by atoms with van der Waals surface area (Å²) in [5.74, 6) is 0.234. The molecule has 1 unspecified atom stereocenters. The van der Waals surface area contributed by atoms with Crippen molar-refractivity contribution in [1.29, 1.82) is 0 Å². The van der Waals surface area contributed by atoms with E-state index in [-0.39, 0.29) is 17.9 Å². The maximum atomic E-state index is 12.3. The fourth-order valence-electron chi connectivity index (χ4n) is 2.63. The number of benzene rings is 1. The molecule has 1 amide bonds. The SMILES string of the molecule is CC(C)(C)OC(=O)N1CCCCC1CNc1cccc(O)c1. The monoisotopic (exact) mass is 306 g/mol. The van der Waals surface area contributed by atoms with Gasteiger partial charge in [0.05, 0.1) is 6.04 Å². The second-order valence-corrected chi connectivity index (χ2v) is 6.75. The van der Waals surface area contributed by atoms with Crippen molar-refractivity contribution in [1.82, 2.24) is 4.90 Å². The summed E-state index contributed by atoms with van der Waals surface area (Å²) in [6, 6.07) is 7.13. The number of carbonyl (C=O) groups is 1. The number of nitrogens with zero attached hydrogens (tertiary/aromatic N) is 1. The maximum absolute atomic E-state index is 12.3. The summed E-state index contributed by atoms with van der Waals surface area (Å²) in [4.78, 5) is 14.1. The molecule has 2 rings (SSSR count). The molecule has 1 saturated heterocycles. The third kappa shape index (κ3) is 4.83. The zero-order chi connectivity index (χ0) is 16.2. The number of piperidine rings is 1. The van der Waals surface area contributed by atoms with E-state index in [0.29, 0.717) is 6.54 Å². The zero-order valence-corrected chi connectivity index (χ0v) is 13.6. The molecule has 1 aromatic rings. The van der Waals surface area contributed by atoms with Crippen molar-refractivity contribution >= 4 is 11.8 Å². The number of hydrogen-bond donors (Lipinski definition) is 2. The van der Waals surface area contributed by atoms with Crippen molar-refractivity contribution < 1.29 is 14.6 Å². The Morgan fingerprint density at radius 2 is 2.18 bits per heavy atom. The van der Waals surface area contributed by atoms with Crippen LogP contribution in [0.15, 0.2) is 24.3 Å². The number of phenols is 1. The normalized spacial score (nSPS) is 18.9. The molecule has 22 heavy (non-hydrogen) atoms. The van der Waals surface area contributed by atoms with E-state index in [1.807, 2.05) is 31.7 Å². The first kappa shape index (κ1) is 16.5. The molecule has 5 heteroatoms. The first-order chi connectivity index (χ1) is 10.3. The van der Waals surface area contributed by atoms with E-state index in [2.05, 4.69) is 5.32 Å². The van der Waals surface area contributed by atoms with Crippen molar-refractivity contribution in [3.8, 4) is 5.75 Å². The fraction of sp³-hybridized carbons (Fsp3) is 0.588. The van der Waals surface area contributed by atoms with Crippen LogP contribution < -0.4 is 5.32 Å². The molecular formula is C17H26N2O3. The van der Waals surface area contributed by atoms with Crippen molar-refractivity contribution in [2.45, 2.75) is 51.7 Å². The van der Waals surface area contributed by atoms with Gasteiger partial charge in [-0.25, -0.2) is 4.79 Å². The van der Waals surface area contributed by atoms with Crippen molar-refractivity contribution in [2.75, 3.05) is 18.4 Å². The Bertz CT molecular complexity index is 511. The molecular weight excluding hydrogens is 280 g/mol. The third-order valence-corrected chi connectivity index (χ3v) is 3.64. The molecule has 0 saturated carbocycles. The molecule has 0 radical (unpaired) electrons. The fourth-order valence-corrected chi connectivity index (χ4v) is 2.63. The Balaban J connectivity index is 1.96. The number of anilines is 1. The lowest BCUT2D eigenvalue weighted by molar-refractivity contribution is 0.0114. The average Bonchev–Trinajstić information content (AvgIpc) is 2.44. The topological polar surface area (TPSA) is 61.8 Å². The number of rotatable bonds is 3. The summed E-state index contributed by atoms with van der Waals surface area (Å²) in [5.41, 5.74) is 0.382. The van der Waals surface area contributed by atoms with Gasteiger partial charge in [-0.1, -0.05) is 6.07 Å². The van der Waals surface area contributed by atoms with E-state index in [1.165, 1.54) is 0 Å². The smallest absolute Gasteiger partial charge is 0.410 e. The predicted octanol–water partition coefficient (Wildman–Crippen LogP) is 3.59. The molecule has 2 N–H and O–H groups in total. The van der Waals surface area contributed by atoms with Crippen molar-refractivity contribution in [3.63, 3.8) is 0 Å². The second kappa shape index (κ2) is 6.90. The molecule has 0 bridgehead atoms. The van der Waals surface area contributed by atoms with Crippen molar-refractivity contribution in [2.24, 2.45) is 0 Å². The highest BCUT2D eigenvalue weighted by molar-refractivity contribution is 5.68. The maximum Gasteiger partial charge on any atom is 0.410 e. The highest BCUT2D eigenvalue weighted by Crippen LogP contribution is 2.22. The van der Waals surface area contributed by atoms with E-state index in [9.17, 15) is 9.90 Å². The minimum Gasteiger partial charge on any atom is -0.508 e. The Kier molecular flexibility index (Phi) is 5.16. The average molecular weight is 306 g/mol. The molecule has 1 fully saturated rings. The van der Waals surface area contributed by atoms with Gasteiger partial charge < -0.3 is 20.1 Å². The molecule has 1 aliphatic rings. The number of carbonyl (C=O) groups excluding carboxylic acids is 1. The van der Waals surface area contributed by atoms with Gasteiger partial charge >= 0.3 is 6.09 Å². The molecule has 1 atom stereocenters. The van der Waals surface area contributed by atoms with Gasteiger partial charge in [0.15, 0.2) is 0 Å². The van der Waals surface area contributed by atoms with Crippen LogP contribution in [0.4, 0.5) is 10.5 Å². The number of nitrogens with one attached hydrogen (secondary N) is 1. The Hall–Kier alpha value is -1.91. The summed E-state index contributed by atoms with van der Waals surface area (Å²) in [6.45, 7) is 7.04. The lowest BCUT2D eigenvalue weighted by atomic mass is 10.0. The van der Waals surface area contributed by atoms with Crippen LogP contribution in [-0.2, 0) is 4.74 Å². The Labute approximate surface area is 132 Å². The van der Waals surface area contributed by atoms with Gasteiger partial charge in [-0.15, -0.1) is 0 Å². The third-order valence-electron chi connectivity index (χ3n) is 3.64. The standard InChI is InChI=1S/C17H26N2O3/c1-17(2,3)22-16(21)19-10-5-4-8-14(19)12-18-13-7-6-9-15(20)11-13/h6-7,9,11,14,18,20H,4-5,8,10,12H2,1-3H3. The minimum absolute atomic E-state index is 0.117. The minimum atomic E-state index is -0.474. The van der Waals surface area contributed by atoms with E-state index in [1.54, 1.807) is 18.2 Å². The molecule has 5 nitrogen and oxygen atoms in total. The number of likely N-dealkylation sites (tertiary alicyclic amines) is 1. The zero-order valence-electron chi connectivity index (χ0n) is 13.6. The largest absolute Gasteiger partial charge is 0.508 e. The van der Waals surface area contributed by atoms with E-state index < -0.39 is 5.60 Å². The van der Waals surface area contributed by atoms with Crippen LogP contribution in [0.25, 0.3) is 0 Å². The van der Waals surface area contributed by atoms with Gasteiger partial charge in [-0.2, -0.15) is 0 Å². The molecule has 1 aliphatic heterocycles. The van der Waals surface area contributed by atoms with Crippen LogP contribution in [0.1, 0.15) is 40.0 Å². The van der Waals surface area contributed by atoms with Gasteiger partial charge in [0, 0.05) is 24.8 Å². The first-order valence-corrected chi connectivity index (χ1v) is 7.88. The van der Waals surface area contributed by atoms with Crippen LogP contribution in [0.5, 0.6) is 5.75 Å². The molecule has 1 heterocycles. The predicted molar refractivity (Wildman–Crippen MR) is 87.2 cm³/mol. The van der Waals surface area contributed by atoms with Crippen LogP contribution in [0.2, 0.25) is 0 Å². The Morgan fingerprint density at radius 3 is 2.86 bits per heavy atom. The number of aromatic hydroxyl groups is 1. The number of phenolic OH excluding ortho intramolecular Hbond substituents is 1. The summed E-state index contributed by atoms with van der Waals surface area (Å²) in [6.07, 6.45) is 2.86. The van der Waals surface area contributed by atoms with Crippen LogP contribution in [0.3, 0.4) is 0 Å². The van der Waals surface area contributed by atoms with Gasteiger partial charge in [0.25, 0.3) is 0 Å². The Morgan fingerprint density at radius 1 is 1.41 bits per heavy atom. The van der Waals surface area contributed by atoms with Gasteiger partial charge in [-0.3, -0.25) is 0 Å². The molecule has 0 aromatic heterocycles. The lowest BCUT2D eigenvalue weighted by Gasteiger charge is -2.37. The van der Waals surface area contributed by atoms with E-state index in [4.69, 9.17) is 4.74 Å². The highest BCUT2D eigenvalue weighted by atomic mass is 16.6. The summed E-state index contributed by atoms with van der Waals surface area (Å²) >= 11 is 0. The molecule has 122 valence electrons. The summed E-state index contributed by atoms with van der Waals surface area (Å²) < 4.78 is 5.50. The number of amides is 1. The van der Waals surface area contributed by atoms with Crippen LogP contribution >= 0.6 is 0 Å². The highest BCUT2D eigenvalue weighted by Gasteiger charge is 2.30. The number of ether oxygens (including phenoxy) is 1. The molecule has 0 aliphatic carbocycles. The van der Waals surface area contributed by atoms with Crippen LogP contribution in [0, 0.1) is 0 Å². The summed E-state index contributed by atoms with van der Waals surface area (Å²) in [7, 11) is 0. The lowest BCUT2D eigenvalue weighted by Crippen LogP contribution is -2.48. The van der Waals surface area contributed by atoms with E-state index in [0.717, 1.165) is 31.5 Å². The molecule has 1 aromatic carbocycles. The van der Waals surface area contributed by atoms with Gasteiger partial charge in [-0.05, 0) is 52.2 Å². The van der Waals surface area contributed by atoms with Crippen molar-refractivity contribution in [3.05, 3.63) is 24.3 Å². The van der Waals surface area contributed by atoms with Gasteiger partial charge in [0.2, 0.25) is 0 Å². The second-order valence-electron chi connectivity index (χ2n) is 6.75.